The van der Waals surface area contributed by atoms with Crippen molar-refractivity contribution >= 4 is 23.4 Å². The molecule has 0 saturated carbocycles. The molecule has 0 aliphatic rings. The molecule has 0 atom stereocenters. The Morgan fingerprint density at radius 3 is 2.58 bits per heavy atom. The number of carbonyl (C=O) groups is 1. The molecule has 4 rings (SSSR count). The number of nitrogens with zero attached hydrogens (tertiary/aromatic N) is 4. The van der Waals surface area contributed by atoms with Gasteiger partial charge in [0.25, 0.3) is 0 Å². The van der Waals surface area contributed by atoms with Crippen LogP contribution in [0.1, 0.15) is 5.56 Å². The second kappa shape index (κ2) is 10.2. The number of pyridine rings is 1. The highest BCUT2D eigenvalue weighted by Crippen LogP contribution is 2.30. The fourth-order valence-corrected chi connectivity index (χ4v) is 3.94. The summed E-state index contributed by atoms with van der Waals surface area (Å²) in [7, 11) is 3.12. The molecule has 0 radical (unpaired) electrons. The van der Waals surface area contributed by atoms with Crippen LogP contribution in [-0.2, 0) is 4.79 Å². The number of ether oxygens (including phenoxy) is 2. The molecule has 2 aromatic heterocycles. The van der Waals surface area contributed by atoms with Crippen LogP contribution in [0.5, 0.6) is 11.5 Å². The summed E-state index contributed by atoms with van der Waals surface area (Å²) in [5.74, 6) is 1.78. The van der Waals surface area contributed by atoms with E-state index in [1.165, 1.54) is 11.8 Å². The lowest BCUT2D eigenvalue weighted by Gasteiger charge is -2.12. The van der Waals surface area contributed by atoms with Gasteiger partial charge in [-0.3, -0.25) is 14.3 Å². The van der Waals surface area contributed by atoms with Crippen molar-refractivity contribution in [1.82, 2.24) is 19.7 Å². The summed E-state index contributed by atoms with van der Waals surface area (Å²) >= 11 is 1.30. The van der Waals surface area contributed by atoms with E-state index in [1.54, 1.807) is 44.8 Å². The Labute approximate surface area is 196 Å². The number of rotatable bonds is 8. The van der Waals surface area contributed by atoms with Crippen LogP contribution < -0.4 is 14.8 Å². The Kier molecular flexibility index (Phi) is 6.89. The maximum Gasteiger partial charge on any atom is 0.234 e. The van der Waals surface area contributed by atoms with Crippen molar-refractivity contribution in [3.63, 3.8) is 0 Å². The fraction of sp³-hybridized carbons (Fsp3) is 0.167. The van der Waals surface area contributed by atoms with Gasteiger partial charge in [0.05, 0.1) is 25.7 Å². The zero-order chi connectivity index (χ0) is 23.2. The topological polar surface area (TPSA) is 91.2 Å². The van der Waals surface area contributed by atoms with Crippen molar-refractivity contribution in [2.45, 2.75) is 12.1 Å². The molecule has 0 unspecified atom stereocenters. The maximum atomic E-state index is 12.7. The first-order valence-electron chi connectivity index (χ1n) is 10.2. The number of amides is 1. The summed E-state index contributed by atoms with van der Waals surface area (Å²) in [6.45, 7) is 2.03. The highest BCUT2D eigenvalue weighted by Gasteiger charge is 2.18. The zero-order valence-corrected chi connectivity index (χ0v) is 19.3. The average Bonchev–Trinajstić information content (AvgIpc) is 3.28. The molecule has 33 heavy (non-hydrogen) atoms. The molecule has 1 N–H and O–H groups in total. The van der Waals surface area contributed by atoms with Crippen molar-refractivity contribution in [3.05, 3.63) is 72.6 Å². The Balaban J connectivity index is 1.56. The quantitative estimate of drug-likeness (QED) is 0.389. The molecular formula is C24H23N5O3S. The lowest BCUT2D eigenvalue weighted by atomic mass is 10.2. The van der Waals surface area contributed by atoms with Crippen LogP contribution in [0.25, 0.3) is 17.1 Å². The SMILES string of the molecule is COc1ccc(NC(=O)CSc2nnc(-c3cccnc3)n2-c2ccc(C)cc2)c(OC)c1. The molecular weight excluding hydrogens is 438 g/mol. The van der Waals surface area contributed by atoms with Gasteiger partial charge in [-0.25, -0.2) is 0 Å². The van der Waals surface area contributed by atoms with Crippen LogP contribution in [0.2, 0.25) is 0 Å². The number of thioether (sulfide) groups is 1. The number of anilines is 1. The van der Waals surface area contributed by atoms with E-state index in [9.17, 15) is 4.79 Å². The highest BCUT2D eigenvalue weighted by molar-refractivity contribution is 7.99. The number of nitrogens with one attached hydrogen (secondary N) is 1. The Morgan fingerprint density at radius 2 is 1.88 bits per heavy atom. The van der Waals surface area contributed by atoms with Crippen molar-refractivity contribution in [1.29, 1.82) is 0 Å². The minimum absolute atomic E-state index is 0.145. The summed E-state index contributed by atoms with van der Waals surface area (Å²) in [4.78, 5) is 16.9. The van der Waals surface area contributed by atoms with Crippen LogP contribution in [0, 0.1) is 6.92 Å². The van der Waals surface area contributed by atoms with Gasteiger partial charge in [-0.2, -0.15) is 0 Å². The molecule has 0 saturated heterocycles. The minimum Gasteiger partial charge on any atom is -0.497 e. The van der Waals surface area contributed by atoms with Gasteiger partial charge in [0, 0.05) is 29.7 Å². The van der Waals surface area contributed by atoms with Gasteiger partial charge in [-0.15, -0.1) is 10.2 Å². The van der Waals surface area contributed by atoms with E-state index < -0.39 is 0 Å². The molecule has 2 heterocycles. The molecule has 1 amide bonds. The molecule has 9 heteroatoms. The first-order chi connectivity index (χ1) is 16.1. The number of hydrogen-bond donors (Lipinski definition) is 1. The number of carbonyl (C=O) groups excluding carboxylic acids is 1. The molecule has 2 aromatic carbocycles. The molecule has 4 aromatic rings. The van der Waals surface area contributed by atoms with Gasteiger partial charge in [0.2, 0.25) is 5.91 Å². The van der Waals surface area contributed by atoms with Gasteiger partial charge >= 0.3 is 0 Å². The van der Waals surface area contributed by atoms with Gasteiger partial charge < -0.3 is 14.8 Å². The van der Waals surface area contributed by atoms with Crippen LogP contribution >= 0.6 is 11.8 Å². The number of methoxy groups -OCH3 is 2. The van der Waals surface area contributed by atoms with Gasteiger partial charge in [-0.1, -0.05) is 29.5 Å². The molecule has 0 aliphatic carbocycles. The van der Waals surface area contributed by atoms with E-state index in [0.717, 1.165) is 16.8 Å². The van der Waals surface area contributed by atoms with Crippen LogP contribution in [0.3, 0.4) is 0 Å². The minimum atomic E-state index is -0.190. The van der Waals surface area contributed by atoms with Crippen molar-refractivity contribution < 1.29 is 14.3 Å². The van der Waals surface area contributed by atoms with Crippen molar-refractivity contribution in [2.75, 3.05) is 25.3 Å². The smallest absolute Gasteiger partial charge is 0.234 e. The number of hydrogen-bond acceptors (Lipinski definition) is 7. The maximum absolute atomic E-state index is 12.7. The Bertz CT molecular complexity index is 1240. The fourth-order valence-electron chi connectivity index (χ4n) is 3.19. The summed E-state index contributed by atoms with van der Waals surface area (Å²) in [5.41, 5.74) is 3.46. The van der Waals surface area contributed by atoms with E-state index in [2.05, 4.69) is 20.5 Å². The first kappa shape index (κ1) is 22.3. The van der Waals surface area contributed by atoms with E-state index in [-0.39, 0.29) is 11.7 Å². The van der Waals surface area contributed by atoms with E-state index in [0.29, 0.717) is 28.2 Å². The summed E-state index contributed by atoms with van der Waals surface area (Å²) in [6.07, 6.45) is 3.45. The lowest BCUT2D eigenvalue weighted by Crippen LogP contribution is -2.15. The monoisotopic (exact) mass is 461 g/mol. The largest absolute Gasteiger partial charge is 0.497 e. The lowest BCUT2D eigenvalue weighted by molar-refractivity contribution is -0.113. The highest BCUT2D eigenvalue weighted by atomic mass is 32.2. The van der Waals surface area contributed by atoms with Gasteiger partial charge in [-0.05, 0) is 43.3 Å². The predicted molar refractivity (Wildman–Crippen MR) is 128 cm³/mol. The molecule has 0 bridgehead atoms. The zero-order valence-electron chi connectivity index (χ0n) is 18.5. The van der Waals surface area contributed by atoms with E-state index in [1.807, 2.05) is 47.9 Å². The van der Waals surface area contributed by atoms with Crippen molar-refractivity contribution in [3.8, 4) is 28.6 Å². The third kappa shape index (κ3) is 5.15. The molecule has 8 nitrogen and oxygen atoms in total. The number of benzene rings is 2. The Morgan fingerprint density at radius 1 is 1.06 bits per heavy atom. The van der Waals surface area contributed by atoms with Crippen LogP contribution in [-0.4, -0.2) is 45.6 Å². The Hall–Kier alpha value is -3.85. The third-order valence-corrected chi connectivity index (χ3v) is 5.79. The van der Waals surface area contributed by atoms with Gasteiger partial charge in [0.1, 0.15) is 11.5 Å². The third-order valence-electron chi connectivity index (χ3n) is 4.86. The van der Waals surface area contributed by atoms with Crippen LogP contribution in [0.15, 0.2) is 72.1 Å². The van der Waals surface area contributed by atoms with Gasteiger partial charge in [0.15, 0.2) is 11.0 Å². The second-order valence-corrected chi connectivity index (χ2v) is 8.06. The second-order valence-electron chi connectivity index (χ2n) is 7.12. The molecule has 0 aliphatic heterocycles. The van der Waals surface area contributed by atoms with E-state index >= 15 is 0 Å². The standard InChI is InChI=1S/C24H23N5O3S/c1-16-6-8-18(9-7-16)29-23(17-5-4-12-25-14-17)27-28-24(29)33-15-22(30)26-20-11-10-19(31-2)13-21(20)32-3/h4-14H,15H2,1-3H3,(H,26,30). The average molecular weight is 462 g/mol. The summed E-state index contributed by atoms with van der Waals surface area (Å²) in [6, 6.07) is 17.1. The molecule has 0 spiro atoms. The summed E-state index contributed by atoms with van der Waals surface area (Å²) < 4.78 is 12.5. The normalized spacial score (nSPS) is 10.6. The van der Waals surface area contributed by atoms with Crippen molar-refractivity contribution in [2.24, 2.45) is 0 Å². The summed E-state index contributed by atoms with van der Waals surface area (Å²) in [5, 5.41) is 12.2. The van der Waals surface area contributed by atoms with E-state index in [4.69, 9.17) is 9.47 Å². The number of aryl methyl sites for hydroxylation is 1. The predicted octanol–water partition coefficient (Wildman–Crippen LogP) is 4.39. The first-order valence-corrected chi connectivity index (χ1v) is 11.1. The molecule has 0 fully saturated rings. The number of aromatic nitrogens is 4. The van der Waals surface area contributed by atoms with Crippen LogP contribution in [0.4, 0.5) is 5.69 Å². The molecule has 168 valence electrons.